The first-order valence-corrected chi connectivity index (χ1v) is 13.8. The standard InChI is InChI=1S/C26H44OSi/c1-20-13-12-16-22(23(17-20)27-18-21-14-10-9-11-15-21)26(8)19-28(26,24(2,3)4)25(5,6)7/h9-11,14-15,20,22-23H,12-13,16-19H2,1-8H3/t20-,22-,23-,26?/m1/s1. The molecule has 4 atom stereocenters. The van der Waals surface area contributed by atoms with Gasteiger partial charge in [0.2, 0.25) is 0 Å². The Balaban J connectivity index is 1.88. The van der Waals surface area contributed by atoms with Crippen LogP contribution in [0.1, 0.15) is 86.6 Å². The van der Waals surface area contributed by atoms with Gasteiger partial charge in [0, 0.05) is 0 Å². The highest BCUT2D eigenvalue weighted by molar-refractivity contribution is 6.97. The third-order valence-electron chi connectivity index (χ3n) is 8.46. The molecule has 0 amide bonds. The lowest BCUT2D eigenvalue weighted by atomic mass is 9.85. The van der Waals surface area contributed by atoms with E-state index >= 15 is 0 Å². The Morgan fingerprint density at radius 1 is 1.00 bits per heavy atom. The van der Waals surface area contributed by atoms with Gasteiger partial charge >= 0.3 is 0 Å². The van der Waals surface area contributed by atoms with Gasteiger partial charge in [-0.3, -0.25) is 0 Å². The Labute approximate surface area is 175 Å². The highest BCUT2D eigenvalue weighted by atomic mass is 28.3. The van der Waals surface area contributed by atoms with Crippen molar-refractivity contribution in [3.8, 4) is 0 Å². The molecule has 0 aromatic heterocycles. The summed E-state index contributed by atoms with van der Waals surface area (Å²) in [6.45, 7) is 21.1. The normalized spacial score (nSPS) is 33.4. The SMILES string of the molecule is C[C@@H]1CCC[C@@H](C2(C)C[Si]2(C(C)(C)C)C(C)(C)C)[C@H](OCc2ccccc2)C1. The Kier molecular flexibility index (Phi) is 5.98. The summed E-state index contributed by atoms with van der Waals surface area (Å²) < 4.78 is 6.74. The van der Waals surface area contributed by atoms with Crippen LogP contribution in [0.5, 0.6) is 0 Å². The van der Waals surface area contributed by atoms with Crippen molar-refractivity contribution in [2.45, 2.75) is 115 Å². The van der Waals surface area contributed by atoms with E-state index in [1.807, 2.05) is 0 Å². The van der Waals surface area contributed by atoms with E-state index in [0.717, 1.165) is 18.4 Å². The molecular formula is C26H44OSi. The van der Waals surface area contributed by atoms with Crippen LogP contribution in [0.4, 0.5) is 0 Å². The monoisotopic (exact) mass is 400 g/mol. The minimum Gasteiger partial charge on any atom is -0.373 e. The highest BCUT2D eigenvalue weighted by Gasteiger charge is 2.77. The first kappa shape index (κ1) is 22.1. The number of hydrogen-bond acceptors (Lipinski definition) is 1. The van der Waals surface area contributed by atoms with E-state index in [1.54, 1.807) is 0 Å². The van der Waals surface area contributed by atoms with Crippen LogP contribution in [0.3, 0.4) is 0 Å². The molecule has 0 spiro atoms. The van der Waals surface area contributed by atoms with Crippen LogP contribution < -0.4 is 0 Å². The number of rotatable bonds is 4. The molecule has 2 aliphatic rings. The highest BCUT2D eigenvalue weighted by Crippen LogP contribution is 2.83. The van der Waals surface area contributed by atoms with Gasteiger partial charge in [0.15, 0.2) is 0 Å². The lowest BCUT2D eigenvalue weighted by Gasteiger charge is -2.47. The van der Waals surface area contributed by atoms with Gasteiger partial charge in [0.25, 0.3) is 0 Å². The summed E-state index contributed by atoms with van der Waals surface area (Å²) in [5, 5.41) is 1.40. The van der Waals surface area contributed by atoms with Crippen LogP contribution in [0, 0.1) is 11.8 Å². The quantitative estimate of drug-likeness (QED) is 0.365. The van der Waals surface area contributed by atoms with Crippen LogP contribution in [0.15, 0.2) is 30.3 Å². The van der Waals surface area contributed by atoms with Crippen LogP contribution in [0.2, 0.25) is 21.2 Å². The molecule has 1 heterocycles. The molecule has 3 rings (SSSR count). The average molecular weight is 401 g/mol. The second-order valence-corrected chi connectivity index (χ2v) is 18.5. The van der Waals surface area contributed by atoms with Crippen molar-refractivity contribution in [3.63, 3.8) is 0 Å². The molecule has 1 aromatic carbocycles. The van der Waals surface area contributed by atoms with E-state index in [9.17, 15) is 0 Å². The fourth-order valence-electron chi connectivity index (χ4n) is 7.56. The summed E-state index contributed by atoms with van der Waals surface area (Å²) in [6.07, 6.45) is 5.78. The summed E-state index contributed by atoms with van der Waals surface area (Å²) in [5.74, 6) is 1.51. The van der Waals surface area contributed by atoms with Crippen molar-refractivity contribution < 1.29 is 4.74 Å². The summed E-state index contributed by atoms with van der Waals surface area (Å²) >= 11 is 0. The van der Waals surface area contributed by atoms with E-state index in [-0.39, 0.29) is 0 Å². The van der Waals surface area contributed by atoms with Crippen molar-refractivity contribution >= 4 is 8.07 Å². The molecule has 28 heavy (non-hydrogen) atoms. The molecule has 2 heteroatoms. The van der Waals surface area contributed by atoms with Gasteiger partial charge in [0.05, 0.1) is 20.8 Å². The van der Waals surface area contributed by atoms with E-state index in [2.05, 4.69) is 85.7 Å². The molecule has 1 saturated carbocycles. The molecule has 0 N–H and O–H groups in total. The van der Waals surface area contributed by atoms with Gasteiger partial charge in [-0.25, -0.2) is 0 Å². The minimum absolute atomic E-state index is 0.418. The van der Waals surface area contributed by atoms with Crippen LogP contribution >= 0.6 is 0 Å². The molecule has 1 aliphatic carbocycles. The Morgan fingerprint density at radius 2 is 1.61 bits per heavy atom. The third kappa shape index (κ3) is 3.76. The largest absolute Gasteiger partial charge is 0.373 e. The van der Waals surface area contributed by atoms with Crippen molar-refractivity contribution in [2.24, 2.45) is 11.8 Å². The summed E-state index contributed by atoms with van der Waals surface area (Å²) in [4.78, 5) is 0. The number of ether oxygens (including phenoxy) is 1. The fourth-order valence-corrected chi connectivity index (χ4v) is 17.1. The predicted octanol–water partition coefficient (Wildman–Crippen LogP) is 8.22. The maximum atomic E-state index is 6.74. The second kappa shape index (κ2) is 7.58. The maximum Gasteiger partial charge on any atom is 0.0720 e. The van der Waals surface area contributed by atoms with E-state index in [4.69, 9.17) is 4.74 Å². The van der Waals surface area contributed by atoms with Gasteiger partial charge in [-0.15, -0.1) is 0 Å². The molecule has 158 valence electrons. The molecule has 1 nitrogen and oxygen atoms in total. The predicted molar refractivity (Wildman–Crippen MR) is 124 cm³/mol. The smallest absolute Gasteiger partial charge is 0.0720 e. The molecule has 1 saturated heterocycles. The molecule has 1 aliphatic heterocycles. The molecule has 0 radical (unpaired) electrons. The fraction of sp³-hybridized carbons (Fsp3) is 0.769. The molecule has 0 bridgehead atoms. The van der Waals surface area contributed by atoms with Crippen LogP contribution in [-0.4, -0.2) is 14.2 Å². The molecule has 1 aromatic rings. The average Bonchev–Trinajstić information content (AvgIpc) is 3.29. The van der Waals surface area contributed by atoms with Gasteiger partial charge in [0.1, 0.15) is 0 Å². The lowest BCUT2D eigenvalue weighted by Crippen LogP contribution is -2.45. The van der Waals surface area contributed by atoms with E-state index in [1.165, 1.54) is 37.3 Å². The molecular weight excluding hydrogens is 356 g/mol. The number of hydrogen-bond donors (Lipinski definition) is 0. The van der Waals surface area contributed by atoms with Gasteiger partial charge in [-0.05, 0) is 45.4 Å². The summed E-state index contributed by atoms with van der Waals surface area (Å²) in [6, 6.07) is 12.3. The Morgan fingerprint density at radius 3 is 2.14 bits per heavy atom. The van der Waals surface area contributed by atoms with Crippen LogP contribution in [-0.2, 0) is 11.3 Å². The Bertz CT molecular complexity index is 639. The number of benzene rings is 1. The van der Waals surface area contributed by atoms with E-state index < -0.39 is 8.07 Å². The lowest BCUT2D eigenvalue weighted by molar-refractivity contribution is -0.0162. The van der Waals surface area contributed by atoms with Crippen molar-refractivity contribution in [2.75, 3.05) is 0 Å². The zero-order valence-electron chi connectivity index (χ0n) is 19.8. The van der Waals surface area contributed by atoms with Gasteiger partial charge in [-0.1, -0.05) is 105 Å². The van der Waals surface area contributed by atoms with Gasteiger partial charge < -0.3 is 4.74 Å². The first-order chi connectivity index (χ1) is 12.9. The maximum absolute atomic E-state index is 6.74. The topological polar surface area (TPSA) is 9.23 Å². The minimum atomic E-state index is -1.47. The zero-order chi connectivity index (χ0) is 20.8. The first-order valence-electron chi connectivity index (χ1n) is 11.6. The molecule has 2 fully saturated rings. The zero-order valence-corrected chi connectivity index (χ0v) is 20.8. The van der Waals surface area contributed by atoms with Crippen molar-refractivity contribution in [1.82, 2.24) is 0 Å². The second-order valence-electron chi connectivity index (χ2n) is 12.2. The van der Waals surface area contributed by atoms with Crippen LogP contribution in [0.25, 0.3) is 0 Å². The van der Waals surface area contributed by atoms with Crippen molar-refractivity contribution in [3.05, 3.63) is 35.9 Å². The van der Waals surface area contributed by atoms with Crippen molar-refractivity contribution in [1.29, 1.82) is 0 Å². The molecule has 1 unspecified atom stereocenters. The van der Waals surface area contributed by atoms with E-state index in [0.29, 0.717) is 21.2 Å². The van der Waals surface area contributed by atoms with Gasteiger partial charge in [-0.2, -0.15) is 0 Å². The third-order valence-corrected chi connectivity index (χ3v) is 16.9. The summed E-state index contributed by atoms with van der Waals surface area (Å²) in [7, 11) is -1.47. The Hall–Kier alpha value is -0.603. The summed E-state index contributed by atoms with van der Waals surface area (Å²) in [5.41, 5.74) is 1.31.